The fourth-order valence-electron chi connectivity index (χ4n) is 4.24. The van der Waals surface area contributed by atoms with Gasteiger partial charge in [0, 0.05) is 19.2 Å². The van der Waals surface area contributed by atoms with Gasteiger partial charge in [0.1, 0.15) is 11.8 Å². The number of rotatable bonds is 11. The molecule has 0 saturated carbocycles. The first-order valence-corrected chi connectivity index (χ1v) is 13.6. The fraction of sp³-hybridized carbons (Fsp3) is 0.423. The van der Waals surface area contributed by atoms with Crippen LogP contribution in [0.3, 0.4) is 0 Å². The first kappa shape index (κ1) is 28.1. The number of hydrogen-bond acceptors (Lipinski definition) is 7. The summed E-state index contributed by atoms with van der Waals surface area (Å²) in [4.78, 5) is 30.0. The van der Waals surface area contributed by atoms with Crippen LogP contribution < -0.4 is 9.04 Å². The van der Waals surface area contributed by atoms with E-state index in [1.54, 1.807) is 12.1 Å². The number of hydrogen-bond donors (Lipinski definition) is 2. The van der Waals surface area contributed by atoms with E-state index >= 15 is 0 Å². The Hall–Kier alpha value is -3.44. The molecule has 0 spiro atoms. The van der Waals surface area contributed by atoms with Gasteiger partial charge in [-0.3, -0.25) is 4.90 Å². The first-order chi connectivity index (χ1) is 17.4. The Bertz CT molecular complexity index is 1270. The number of nitrogens with zero attached hydrogens (tertiary/aromatic N) is 3. The minimum Gasteiger partial charge on any atom is -0.478 e. The number of carbonyl (C=O) groups is 2. The van der Waals surface area contributed by atoms with Crippen molar-refractivity contribution in [3.8, 4) is 5.88 Å². The van der Waals surface area contributed by atoms with E-state index in [1.807, 2.05) is 13.8 Å². The number of carboxylic acids is 2. The summed E-state index contributed by atoms with van der Waals surface area (Å²) < 4.78 is 34.0. The standard InChI is InChI=1S/C26H33N3O7S/c1-5-13-28-14-12-20(16-28)36-24-11-10-22(18(4)27-24)29(23(26(32)33)15-25(30)31)37(34,35)21-8-6-19(7-9-21)17(2)3/h6-11,15,17,20H,5,12-14,16H2,1-4H3,(H,30,31)(H,32,33)/b23-15-. The van der Waals surface area contributed by atoms with Crippen molar-refractivity contribution in [1.29, 1.82) is 0 Å². The van der Waals surface area contributed by atoms with Crippen molar-refractivity contribution < 1.29 is 33.0 Å². The maximum absolute atomic E-state index is 13.7. The number of aliphatic carboxylic acids is 2. The Morgan fingerprint density at radius 3 is 2.41 bits per heavy atom. The zero-order valence-electron chi connectivity index (χ0n) is 21.4. The van der Waals surface area contributed by atoms with Crippen LogP contribution in [0.25, 0.3) is 0 Å². The number of aromatic nitrogens is 1. The number of carboxylic acid groups (broad SMARTS) is 2. The molecule has 37 heavy (non-hydrogen) atoms. The Balaban J connectivity index is 2.03. The number of sulfonamides is 1. The average molecular weight is 532 g/mol. The van der Waals surface area contributed by atoms with Crippen LogP contribution in [0.4, 0.5) is 5.69 Å². The topological polar surface area (TPSA) is 137 Å². The summed E-state index contributed by atoms with van der Waals surface area (Å²) in [6.07, 6.45) is 2.16. The van der Waals surface area contributed by atoms with Gasteiger partial charge in [-0.2, -0.15) is 0 Å². The molecule has 1 unspecified atom stereocenters. The molecule has 1 aliphatic rings. The molecular formula is C26H33N3O7S. The van der Waals surface area contributed by atoms with Gasteiger partial charge in [0.25, 0.3) is 10.0 Å². The van der Waals surface area contributed by atoms with Crippen LogP contribution >= 0.6 is 0 Å². The van der Waals surface area contributed by atoms with E-state index in [9.17, 15) is 28.2 Å². The second-order valence-electron chi connectivity index (χ2n) is 9.25. The largest absolute Gasteiger partial charge is 0.478 e. The quantitative estimate of drug-likeness (QED) is 0.416. The van der Waals surface area contributed by atoms with Crippen LogP contribution in [0.15, 0.2) is 53.1 Å². The minimum absolute atomic E-state index is 0.0647. The van der Waals surface area contributed by atoms with Crippen LogP contribution in [0.1, 0.15) is 50.8 Å². The molecule has 2 aromatic rings. The van der Waals surface area contributed by atoms with Gasteiger partial charge in [-0.05, 0) is 56.0 Å². The summed E-state index contributed by atoms with van der Waals surface area (Å²) in [6, 6.07) is 8.89. The highest BCUT2D eigenvalue weighted by atomic mass is 32.2. The maximum atomic E-state index is 13.7. The van der Waals surface area contributed by atoms with Gasteiger partial charge in [-0.15, -0.1) is 0 Å². The number of benzene rings is 1. The normalized spacial score (nSPS) is 16.7. The summed E-state index contributed by atoms with van der Waals surface area (Å²) in [5, 5.41) is 19.1. The molecule has 2 heterocycles. The van der Waals surface area contributed by atoms with E-state index in [2.05, 4.69) is 16.8 Å². The molecule has 0 bridgehead atoms. The molecule has 1 aromatic carbocycles. The van der Waals surface area contributed by atoms with Crippen molar-refractivity contribution in [3.05, 3.63) is 59.4 Å². The van der Waals surface area contributed by atoms with Crippen LogP contribution in [0.2, 0.25) is 0 Å². The van der Waals surface area contributed by atoms with Crippen molar-refractivity contribution in [3.63, 3.8) is 0 Å². The summed E-state index contributed by atoms with van der Waals surface area (Å²) in [5.74, 6) is -2.88. The van der Waals surface area contributed by atoms with E-state index in [4.69, 9.17) is 4.74 Å². The second kappa shape index (κ2) is 11.7. The summed E-state index contributed by atoms with van der Waals surface area (Å²) in [6.45, 7) is 10.2. The molecular weight excluding hydrogens is 498 g/mol. The monoisotopic (exact) mass is 531 g/mol. The van der Waals surface area contributed by atoms with Gasteiger partial charge in [-0.1, -0.05) is 32.9 Å². The Labute approximate surface area is 217 Å². The number of aryl methyl sites for hydroxylation is 1. The average Bonchev–Trinajstić information content (AvgIpc) is 3.26. The molecule has 1 aliphatic heterocycles. The molecule has 3 rings (SSSR count). The molecule has 1 fully saturated rings. The van der Waals surface area contributed by atoms with E-state index in [-0.39, 0.29) is 34.2 Å². The lowest BCUT2D eigenvalue weighted by Crippen LogP contribution is -2.35. The molecule has 1 aromatic heterocycles. The smallest absolute Gasteiger partial charge is 0.353 e. The molecule has 1 atom stereocenters. The highest BCUT2D eigenvalue weighted by Gasteiger charge is 2.34. The number of pyridine rings is 1. The molecule has 0 amide bonds. The van der Waals surface area contributed by atoms with Crippen molar-refractivity contribution >= 4 is 27.6 Å². The van der Waals surface area contributed by atoms with Crippen molar-refractivity contribution in [1.82, 2.24) is 9.88 Å². The third-order valence-corrected chi connectivity index (χ3v) is 7.83. The maximum Gasteiger partial charge on any atom is 0.353 e. The number of anilines is 1. The predicted octanol–water partition coefficient (Wildman–Crippen LogP) is 3.62. The number of ether oxygens (including phenoxy) is 1. The van der Waals surface area contributed by atoms with E-state index in [0.29, 0.717) is 10.4 Å². The lowest BCUT2D eigenvalue weighted by atomic mass is 10.0. The Morgan fingerprint density at radius 2 is 1.86 bits per heavy atom. The van der Waals surface area contributed by atoms with Gasteiger partial charge >= 0.3 is 11.9 Å². The summed E-state index contributed by atoms with van der Waals surface area (Å²) >= 11 is 0. The van der Waals surface area contributed by atoms with Gasteiger partial charge in [-0.25, -0.2) is 27.3 Å². The molecule has 10 nitrogen and oxygen atoms in total. The molecule has 2 N–H and O–H groups in total. The fourth-order valence-corrected chi connectivity index (χ4v) is 5.77. The summed E-state index contributed by atoms with van der Waals surface area (Å²) in [7, 11) is -4.52. The molecule has 0 radical (unpaired) electrons. The molecule has 0 aliphatic carbocycles. The van der Waals surface area contributed by atoms with Gasteiger partial charge < -0.3 is 14.9 Å². The van der Waals surface area contributed by atoms with Crippen molar-refractivity contribution in [2.24, 2.45) is 0 Å². The number of likely N-dealkylation sites (tertiary alicyclic amines) is 1. The third-order valence-electron chi connectivity index (χ3n) is 6.09. The van der Waals surface area contributed by atoms with E-state index < -0.39 is 27.7 Å². The van der Waals surface area contributed by atoms with Crippen LogP contribution in [0, 0.1) is 6.92 Å². The van der Waals surface area contributed by atoms with Gasteiger partial charge in [0.05, 0.1) is 22.4 Å². The second-order valence-corrected chi connectivity index (χ2v) is 11.0. The summed E-state index contributed by atoms with van der Waals surface area (Å²) in [5.41, 5.74) is 0.0360. The Kier molecular flexibility index (Phi) is 8.93. The molecule has 1 saturated heterocycles. The molecule has 11 heteroatoms. The highest BCUT2D eigenvalue weighted by Crippen LogP contribution is 2.32. The molecule has 200 valence electrons. The zero-order chi connectivity index (χ0) is 27.3. The van der Waals surface area contributed by atoms with Crippen LogP contribution in [-0.4, -0.2) is 66.2 Å². The van der Waals surface area contributed by atoms with E-state index in [0.717, 1.165) is 38.0 Å². The van der Waals surface area contributed by atoms with Crippen molar-refractivity contribution in [2.45, 2.75) is 57.5 Å². The highest BCUT2D eigenvalue weighted by molar-refractivity contribution is 7.93. The Morgan fingerprint density at radius 1 is 1.19 bits per heavy atom. The minimum atomic E-state index is -4.52. The van der Waals surface area contributed by atoms with Crippen LogP contribution in [-0.2, 0) is 19.6 Å². The van der Waals surface area contributed by atoms with Crippen molar-refractivity contribution in [2.75, 3.05) is 23.9 Å². The zero-order valence-corrected chi connectivity index (χ0v) is 22.2. The van der Waals surface area contributed by atoms with Gasteiger partial charge in [0.15, 0.2) is 0 Å². The van der Waals surface area contributed by atoms with Crippen LogP contribution in [0.5, 0.6) is 5.88 Å². The van der Waals surface area contributed by atoms with E-state index in [1.165, 1.54) is 31.2 Å². The predicted molar refractivity (Wildman–Crippen MR) is 138 cm³/mol. The lowest BCUT2D eigenvalue weighted by Gasteiger charge is -2.26. The lowest BCUT2D eigenvalue weighted by molar-refractivity contribution is -0.135. The SMILES string of the molecule is CCCN1CCC(Oc2ccc(N(/C(=C\C(=O)O)C(=O)O)S(=O)(=O)c3ccc(C(C)C)cc3)c(C)n2)C1. The first-order valence-electron chi connectivity index (χ1n) is 12.1. The van der Waals surface area contributed by atoms with Gasteiger partial charge in [0.2, 0.25) is 5.88 Å². The third kappa shape index (κ3) is 6.66.